The standard InChI is InChI=1S/C15H12Cl2N4/c1-9-5-6-21-14(7-9)18-10(2)15(21)20-19-13-4-3-11(16)8-12(13)17/h3-8H,1-2H3. The van der Waals surface area contributed by atoms with E-state index in [1.165, 1.54) is 0 Å². The Balaban J connectivity index is 2.05. The van der Waals surface area contributed by atoms with E-state index in [-0.39, 0.29) is 0 Å². The van der Waals surface area contributed by atoms with Crippen LogP contribution in [0.1, 0.15) is 11.3 Å². The third-order valence-electron chi connectivity index (χ3n) is 3.09. The van der Waals surface area contributed by atoms with Gasteiger partial charge < -0.3 is 0 Å². The number of nitrogens with zero attached hydrogens (tertiary/aromatic N) is 4. The van der Waals surface area contributed by atoms with Crippen LogP contribution < -0.4 is 0 Å². The maximum Gasteiger partial charge on any atom is 0.182 e. The van der Waals surface area contributed by atoms with Crippen LogP contribution in [-0.4, -0.2) is 9.38 Å². The molecule has 0 saturated heterocycles. The molecule has 2 aromatic heterocycles. The molecule has 3 aromatic rings. The lowest BCUT2D eigenvalue weighted by Crippen LogP contribution is -1.83. The molecule has 0 atom stereocenters. The number of aryl methyl sites for hydroxylation is 2. The minimum Gasteiger partial charge on any atom is -0.283 e. The van der Waals surface area contributed by atoms with Gasteiger partial charge in [0.05, 0.1) is 10.7 Å². The molecule has 0 N–H and O–H groups in total. The Hall–Kier alpha value is -1.91. The van der Waals surface area contributed by atoms with Gasteiger partial charge in [-0.05, 0) is 49.7 Å². The van der Waals surface area contributed by atoms with Crippen molar-refractivity contribution in [1.29, 1.82) is 0 Å². The van der Waals surface area contributed by atoms with Crippen molar-refractivity contribution in [3.63, 3.8) is 0 Å². The number of hydrogen-bond donors (Lipinski definition) is 0. The van der Waals surface area contributed by atoms with Crippen LogP contribution in [0.2, 0.25) is 10.0 Å². The minimum absolute atomic E-state index is 0.466. The first-order valence-corrected chi connectivity index (χ1v) is 7.12. The molecule has 6 heteroatoms. The molecular formula is C15H12Cl2N4. The zero-order valence-corrected chi connectivity index (χ0v) is 13.0. The molecule has 0 spiro atoms. The maximum absolute atomic E-state index is 6.09. The Labute approximate surface area is 132 Å². The first-order chi connectivity index (χ1) is 10.0. The average Bonchev–Trinajstić information content (AvgIpc) is 2.72. The fraction of sp³-hybridized carbons (Fsp3) is 0.133. The topological polar surface area (TPSA) is 42.0 Å². The van der Waals surface area contributed by atoms with Crippen molar-refractivity contribution in [2.75, 3.05) is 0 Å². The molecule has 4 nitrogen and oxygen atoms in total. The number of halogens is 2. The van der Waals surface area contributed by atoms with Gasteiger partial charge in [0, 0.05) is 11.2 Å². The predicted octanol–water partition coefficient (Wildman–Crippen LogP) is 5.67. The number of rotatable bonds is 2. The Morgan fingerprint density at radius 2 is 1.86 bits per heavy atom. The monoisotopic (exact) mass is 318 g/mol. The highest BCUT2D eigenvalue weighted by molar-refractivity contribution is 6.36. The molecule has 0 aliphatic rings. The first kappa shape index (κ1) is 14.0. The van der Waals surface area contributed by atoms with Crippen LogP contribution >= 0.6 is 23.2 Å². The molecule has 0 saturated carbocycles. The van der Waals surface area contributed by atoms with Crippen LogP contribution in [0.25, 0.3) is 5.65 Å². The summed E-state index contributed by atoms with van der Waals surface area (Å²) in [6.07, 6.45) is 1.93. The molecule has 21 heavy (non-hydrogen) atoms. The van der Waals surface area contributed by atoms with E-state index in [1.807, 2.05) is 36.6 Å². The lowest BCUT2D eigenvalue weighted by atomic mass is 10.3. The second-order valence-electron chi connectivity index (χ2n) is 4.75. The highest BCUT2D eigenvalue weighted by atomic mass is 35.5. The van der Waals surface area contributed by atoms with Gasteiger partial charge in [-0.25, -0.2) is 4.98 Å². The van der Waals surface area contributed by atoms with E-state index in [2.05, 4.69) is 15.2 Å². The van der Waals surface area contributed by atoms with Crippen molar-refractivity contribution in [1.82, 2.24) is 9.38 Å². The third-order valence-corrected chi connectivity index (χ3v) is 3.62. The molecule has 3 rings (SSSR count). The zero-order chi connectivity index (χ0) is 15.0. The van der Waals surface area contributed by atoms with Gasteiger partial charge in [-0.2, -0.15) is 0 Å². The van der Waals surface area contributed by atoms with Crippen LogP contribution in [-0.2, 0) is 0 Å². The lowest BCUT2D eigenvalue weighted by Gasteiger charge is -1.99. The summed E-state index contributed by atoms with van der Waals surface area (Å²) in [5.74, 6) is 0.691. The van der Waals surface area contributed by atoms with Crippen molar-refractivity contribution in [3.05, 3.63) is 57.8 Å². The number of fused-ring (bicyclic) bond motifs is 1. The number of benzene rings is 1. The lowest BCUT2D eigenvalue weighted by molar-refractivity contribution is 1.09. The molecule has 106 valence electrons. The molecule has 0 bridgehead atoms. The van der Waals surface area contributed by atoms with Crippen molar-refractivity contribution >= 4 is 40.4 Å². The summed E-state index contributed by atoms with van der Waals surface area (Å²) in [7, 11) is 0. The summed E-state index contributed by atoms with van der Waals surface area (Å²) in [6, 6.07) is 9.11. The molecule has 0 aliphatic heterocycles. The summed E-state index contributed by atoms with van der Waals surface area (Å²) in [4.78, 5) is 4.48. The molecule has 1 aromatic carbocycles. The van der Waals surface area contributed by atoms with Gasteiger partial charge in [-0.1, -0.05) is 23.2 Å². The fourth-order valence-electron chi connectivity index (χ4n) is 2.04. The summed E-state index contributed by atoms with van der Waals surface area (Å²) in [5, 5.41) is 9.51. The van der Waals surface area contributed by atoms with Crippen LogP contribution in [0.5, 0.6) is 0 Å². The van der Waals surface area contributed by atoms with Gasteiger partial charge in [-0.3, -0.25) is 4.40 Å². The number of aromatic nitrogens is 2. The SMILES string of the molecule is Cc1ccn2c(N=Nc3ccc(Cl)cc3Cl)c(C)nc2c1. The van der Waals surface area contributed by atoms with E-state index in [4.69, 9.17) is 23.2 Å². The Bertz CT molecular complexity index is 852. The van der Waals surface area contributed by atoms with E-state index in [1.54, 1.807) is 18.2 Å². The van der Waals surface area contributed by atoms with Gasteiger partial charge in [0.2, 0.25) is 0 Å². The van der Waals surface area contributed by atoms with Crippen LogP contribution in [0, 0.1) is 13.8 Å². The highest BCUT2D eigenvalue weighted by Crippen LogP contribution is 2.30. The third kappa shape index (κ3) is 2.77. The number of hydrogen-bond acceptors (Lipinski definition) is 3. The van der Waals surface area contributed by atoms with E-state index in [0.717, 1.165) is 16.9 Å². The summed E-state index contributed by atoms with van der Waals surface area (Å²) < 4.78 is 1.90. The molecule has 0 aliphatic carbocycles. The Morgan fingerprint density at radius 3 is 2.62 bits per heavy atom. The van der Waals surface area contributed by atoms with Crippen LogP contribution in [0.3, 0.4) is 0 Å². The number of imidazole rings is 1. The molecular weight excluding hydrogens is 307 g/mol. The predicted molar refractivity (Wildman–Crippen MR) is 85.3 cm³/mol. The van der Waals surface area contributed by atoms with Crippen LogP contribution in [0.15, 0.2) is 46.8 Å². The van der Waals surface area contributed by atoms with E-state index in [9.17, 15) is 0 Å². The smallest absolute Gasteiger partial charge is 0.182 e. The molecule has 0 unspecified atom stereocenters. The molecule has 0 radical (unpaired) electrons. The van der Waals surface area contributed by atoms with Crippen molar-refractivity contribution in [2.24, 2.45) is 10.2 Å². The van der Waals surface area contributed by atoms with Gasteiger partial charge in [0.15, 0.2) is 5.82 Å². The normalized spacial score (nSPS) is 11.6. The quantitative estimate of drug-likeness (QED) is 0.561. The number of pyridine rings is 1. The summed E-state index contributed by atoms with van der Waals surface area (Å²) in [6.45, 7) is 3.93. The first-order valence-electron chi connectivity index (χ1n) is 6.37. The second kappa shape index (κ2) is 5.47. The molecule has 0 fully saturated rings. The van der Waals surface area contributed by atoms with E-state index >= 15 is 0 Å². The van der Waals surface area contributed by atoms with Gasteiger partial charge >= 0.3 is 0 Å². The second-order valence-corrected chi connectivity index (χ2v) is 5.59. The molecule has 2 heterocycles. The van der Waals surface area contributed by atoms with Gasteiger partial charge in [0.25, 0.3) is 0 Å². The Kier molecular flexibility index (Phi) is 3.66. The zero-order valence-electron chi connectivity index (χ0n) is 11.5. The highest BCUT2D eigenvalue weighted by Gasteiger charge is 2.08. The largest absolute Gasteiger partial charge is 0.283 e. The van der Waals surface area contributed by atoms with Gasteiger partial charge in [-0.15, -0.1) is 10.2 Å². The fourth-order valence-corrected chi connectivity index (χ4v) is 2.48. The summed E-state index contributed by atoms with van der Waals surface area (Å²) in [5.41, 5.74) is 3.39. The van der Waals surface area contributed by atoms with E-state index in [0.29, 0.717) is 21.6 Å². The average molecular weight is 319 g/mol. The maximum atomic E-state index is 6.09. The Morgan fingerprint density at radius 1 is 1.05 bits per heavy atom. The van der Waals surface area contributed by atoms with Gasteiger partial charge in [0.1, 0.15) is 11.3 Å². The minimum atomic E-state index is 0.466. The van der Waals surface area contributed by atoms with Crippen molar-refractivity contribution in [2.45, 2.75) is 13.8 Å². The van der Waals surface area contributed by atoms with Crippen LogP contribution in [0.4, 0.5) is 11.5 Å². The van der Waals surface area contributed by atoms with Crippen molar-refractivity contribution in [3.8, 4) is 0 Å². The molecule has 0 amide bonds. The van der Waals surface area contributed by atoms with E-state index < -0.39 is 0 Å². The van der Waals surface area contributed by atoms with Crippen molar-refractivity contribution < 1.29 is 0 Å². The number of azo groups is 1. The summed E-state index contributed by atoms with van der Waals surface area (Å²) >= 11 is 12.0.